The van der Waals surface area contributed by atoms with Crippen molar-refractivity contribution in [3.8, 4) is 0 Å². The third-order valence-corrected chi connectivity index (χ3v) is 3.10. The molecule has 0 aromatic heterocycles. The number of hydrogen-bond donors (Lipinski definition) is 0. The normalized spacial score (nSPS) is 12.0. The smallest absolute Gasteiger partial charge is 0.00184 e. The lowest BCUT2D eigenvalue weighted by molar-refractivity contribution is 0.737. The molecule has 0 heteroatoms. The van der Waals surface area contributed by atoms with Crippen molar-refractivity contribution in [1.29, 1.82) is 0 Å². The third kappa shape index (κ3) is 3.32. The zero-order valence-electron chi connectivity index (χ0n) is 10.0. The predicted molar refractivity (Wildman–Crippen MR) is 74.1 cm³/mol. The fourth-order valence-electron chi connectivity index (χ4n) is 2.09. The van der Waals surface area contributed by atoms with Crippen LogP contribution in [0.1, 0.15) is 23.5 Å². The molecule has 0 aliphatic heterocycles. The highest BCUT2D eigenvalue weighted by molar-refractivity contribution is 5.24. The van der Waals surface area contributed by atoms with Gasteiger partial charge in [0, 0.05) is 5.92 Å². The number of aryl methyl sites for hydroxylation is 1. The van der Waals surface area contributed by atoms with E-state index in [1.807, 2.05) is 0 Å². The van der Waals surface area contributed by atoms with E-state index in [1.165, 1.54) is 11.1 Å². The van der Waals surface area contributed by atoms with Gasteiger partial charge in [0.15, 0.2) is 0 Å². The summed E-state index contributed by atoms with van der Waals surface area (Å²) in [6.45, 7) is 3.95. The van der Waals surface area contributed by atoms with Gasteiger partial charge in [-0.05, 0) is 24.0 Å². The fraction of sp³-hybridized carbons (Fsp3) is 0.176. The maximum absolute atomic E-state index is 3.95. The lowest BCUT2D eigenvalue weighted by atomic mass is 9.92. The van der Waals surface area contributed by atoms with Gasteiger partial charge in [-0.25, -0.2) is 0 Å². The van der Waals surface area contributed by atoms with Gasteiger partial charge >= 0.3 is 0 Å². The van der Waals surface area contributed by atoms with Gasteiger partial charge in [-0.1, -0.05) is 66.7 Å². The van der Waals surface area contributed by atoms with Gasteiger partial charge in [0.1, 0.15) is 0 Å². The Labute approximate surface area is 104 Å². The van der Waals surface area contributed by atoms with E-state index in [4.69, 9.17) is 0 Å². The molecule has 1 unspecified atom stereocenters. The summed E-state index contributed by atoms with van der Waals surface area (Å²) in [7, 11) is 0. The molecule has 1 atom stereocenters. The second kappa shape index (κ2) is 6.05. The lowest BCUT2D eigenvalue weighted by Gasteiger charge is -2.12. The monoisotopic (exact) mass is 222 g/mol. The zero-order valence-corrected chi connectivity index (χ0v) is 10.0. The number of allylic oxidation sites excluding steroid dienone is 1. The van der Waals surface area contributed by atoms with E-state index < -0.39 is 0 Å². The van der Waals surface area contributed by atoms with Crippen LogP contribution < -0.4 is 0 Å². The first-order valence-corrected chi connectivity index (χ1v) is 6.11. The average molecular weight is 222 g/mol. The summed E-state index contributed by atoms with van der Waals surface area (Å²) in [4.78, 5) is 0. The quantitative estimate of drug-likeness (QED) is 0.649. The highest BCUT2D eigenvalue weighted by Gasteiger charge is 2.06. The van der Waals surface area contributed by atoms with Crippen LogP contribution in [0.5, 0.6) is 0 Å². The molecule has 0 fully saturated rings. The van der Waals surface area contributed by atoms with Crippen LogP contribution in [0.25, 0.3) is 0 Å². The van der Waals surface area contributed by atoms with E-state index in [0.717, 1.165) is 12.8 Å². The number of benzene rings is 2. The Hall–Kier alpha value is -1.82. The molecule has 0 heterocycles. The van der Waals surface area contributed by atoms with Gasteiger partial charge in [-0.3, -0.25) is 0 Å². The highest BCUT2D eigenvalue weighted by Crippen LogP contribution is 2.22. The largest absolute Gasteiger partial charge is 0.102 e. The molecule has 2 rings (SSSR count). The summed E-state index contributed by atoms with van der Waals surface area (Å²) < 4.78 is 0. The Bertz CT molecular complexity index is 442. The van der Waals surface area contributed by atoms with E-state index in [0.29, 0.717) is 5.92 Å². The molecule has 0 saturated heterocycles. The fourth-order valence-corrected chi connectivity index (χ4v) is 2.09. The minimum Gasteiger partial charge on any atom is -0.102 e. The van der Waals surface area contributed by atoms with E-state index >= 15 is 0 Å². The van der Waals surface area contributed by atoms with Crippen molar-refractivity contribution < 1.29 is 0 Å². The van der Waals surface area contributed by atoms with Crippen molar-refractivity contribution in [3.05, 3.63) is 84.4 Å². The second-order valence-electron chi connectivity index (χ2n) is 4.28. The maximum Gasteiger partial charge on any atom is 0.00184 e. The van der Waals surface area contributed by atoms with E-state index in [9.17, 15) is 0 Å². The van der Waals surface area contributed by atoms with E-state index in [2.05, 4.69) is 73.3 Å². The zero-order chi connectivity index (χ0) is 11.9. The van der Waals surface area contributed by atoms with Crippen molar-refractivity contribution in [2.24, 2.45) is 0 Å². The van der Waals surface area contributed by atoms with E-state index in [1.54, 1.807) is 0 Å². The maximum atomic E-state index is 3.95. The molecule has 0 amide bonds. The molecule has 0 nitrogen and oxygen atoms in total. The molecule has 0 spiro atoms. The lowest BCUT2D eigenvalue weighted by Crippen LogP contribution is -1.97. The van der Waals surface area contributed by atoms with Crippen molar-refractivity contribution in [2.45, 2.75) is 18.8 Å². The Morgan fingerprint density at radius 3 is 2.06 bits per heavy atom. The first-order chi connectivity index (χ1) is 8.40. The molecule has 0 aliphatic rings. The van der Waals surface area contributed by atoms with Gasteiger partial charge in [-0.2, -0.15) is 0 Å². The molecule has 0 N–H and O–H groups in total. The molecule has 0 radical (unpaired) electrons. The van der Waals surface area contributed by atoms with Gasteiger partial charge < -0.3 is 0 Å². The summed E-state index contributed by atoms with van der Waals surface area (Å²) in [5.41, 5.74) is 2.76. The minimum atomic E-state index is 0.455. The third-order valence-electron chi connectivity index (χ3n) is 3.10. The molecular weight excluding hydrogens is 204 g/mol. The van der Waals surface area contributed by atoms with Crippen LogP contribution in [0.3, 0.4) is 0 Å². The Morgan fingerprint density at radius 1 is 0.882 bits per heavy atom. The van der Waals surface area contributed by atoms with Crippen molar-refractivity contribution >= 4 is 0 Å². The Kier molecular flexibility index (Phi) is 4.15. The summed E-state index contributed by atoms with van der Waals surface area (Å²) >= 11 is 0. The molecular formula is C17H18. The van der Waals surface area contributed by atoms with Crippen LogP contribution in [0.2, 0.25) is 0 Å². The standard InChI is InChI=1S/C17H18/c1-2-16(17-11-7-4-8-12-17)14-13-15-9-5-3-6-10-15/h2-12,16H,1,13-14H2. The SMILES string of the molecule is C=CC(CCc1ccccc1)c1ccccc1. The van der Waals surface area contributed by atoms with Crippen molar-refractivity contribution in [3.63, 3.8) is 0 Å². The van der Waals surface area contributed by atoms with E-state index in [-0.39, 0.29) is 0 Å². The molecule has 0 bridgehead atoms. The van der Waals surface area contributed by atoms with Crippen LogP contribution in [-0.2, 0) is 6.42 Å². The summed E-state index contributed by atoms with van der Waals surface area (Å²) in [5, 5.41) is 0. The van der Waals surface area contributed by atoms with Crippen molar-refractivity contribution in [2.75, 3.05) is 0 Å². The van der Waals surface area contributed by atoms with Crippen LogP contribution >= 0.6 is 0 Å². The van der Waals surface area contributed by atoms with Gasteiger partial charge in [0.05, 0.1) is 0 Å². The van der Waals surface area contributed by atoms with Gasteiger partial charge in [0.2, 0.25) is 0 Å². The predicted octanol–water partition coefficient (Wildman–Crippen LogP) is 4.59. The number of hydrogen-bond acceptors (Lipinski definition) is 0. The van der Waals surface area contributed by atoms with Crippen LogP contribution in [0.4, 0.5) is 0 Å². The first kappa shape index (κ1) is 11.7. The molecule has 2 aromatic rings. The first-order valence-electron chi connectivity index (χ1n) is 6.11. The molecule has 2 aromatic carbocycles. The summed E-state index contributed by atoms with van der Waals surface area (Å²) in [6, 6.07) is 21.2. The van der Waals surface area contributed by atoms with Crippen molar-refractivity contribution in [1.82, 2.24) is 0 Å². The summed E-state index contributed by atoms with van der Waals surface area (Å²) in [6.07, 6.45) is 4.28. The summed E-state index contributed by atoms with van der Waals surface area (Å²) in [5.74, 6) is 0.455. The van der Waals surface area contributed by atoms with Crippen LogP contribution in [0.15, 0.2) is 73.3 Å². The Morgan fingerprint density at radius 2 is 1.47 bits per heavy atom. The second-order valence-corrected chi connectivity index (χ2v) is 4.28. The van der Waals surface area contributed by atoms with Crippen LogP contribution in [-0.4, -0.2) is 0 Å². The minimum absolute atomic E-state index is 0.455. The van der Waals surface area contributed by atoms with Gasteiger partial charge in [0.25, 0.3) is 0 Å². The molecule has 0 aliphatic carbocycles. The average Bonchev–Trinajstić information content (AvgIpc) is 2.42. The molecule has 86 valence electrons. The topological polar surface area (TPSA) is 0 Å². The highest BCUT2D eigenvalue weighted by atomic mass is 14.1. The Balaban J connectivity index is 2.00. The number of rotatable bonds is 5. The molecule has 17 heavy (non-hydrogen) atoms. The molecule has 0 saturated carbocycles. The van der Waals surface area contributed by atoms with Crippen LogP contribution in [0, 0.1) is 0 Å². The van der Waals surface area contributed by atoms with Gasteiger partial charge in [-0.15, -0.1) is 6.58 Å².